The molecule has 0 saturated carbocycles. The molecule has 7 heteroatoms. The molecule has 0 aliphatic carbocycles. The number of carboxylic acids is 1. The highest BCUT2D eigenvalue weighted by Gasteiger charge is 2.16. The standard InChI is InChI=1S/C14H17N3O4/c1-15(8-7-13(19)20)12(18)9-17-11-6-4-3-5-10(11)16(2)14(17)21/h3-6H,7-9H2,1-2H3,(H,19,20). The van der Waals surface area contributed by atoms with E-state index in [-0.39, 0.29) is 31.1 Å². The number of para-hydroxylation sites is 2. The van der Waals surface area contributed by atoms with Gasteiger partial charge in [0.05, 0.1) is 17.5 Å². The van der Waals surface area contributed by atoms with E-state index in [1.165, 1.54) is 21.1 Å². The van der Waals surface area contributed by atoms with Crippen LogP contribution in [0, 0.1) is 0 Å². The molecule has 2 rings (SSSR count). The molecule has 1 amide bonds. The van der Waals surface area contributed by atoms with Crippen LogP contribution in [0.25, 0.3) is 11.0 Å². The highest BCUT2D eigenvalue weighted by Crippen LogP contribution is 2.11. The Hall–Kier alpha value is -2.57. The number of nitrogens with zero attached hydrogens (tertiary/aromatic N) is 3. The molecule has 0 bridgehead atoms. The Morgan fingerprint density at radius 2 is 1.86 bits per heavy atom. The first-order chi connectivity index (χ1) is 9.91. The lowest BCUT2D eigenvalue weighted by molar-refractivity contribution is -0.138. The van der Waals surface area contributed by atoms with Gasteiger partial charge in [0.25, 0.3) is 0 Å². The van der Waals surface area contributed by atoms with Crippen molar-refractivity contribution in [2.75, 3.05) is 13.6 Å². The van der Waals surface area contributed by atoms with Crippen molar-refractivity contribution in [2.45, 2.75) is 13.0 Å². The van der Waals surface area contributed by atoms with Gasteiger partial charge in [0, 0.05) is 20.6 Å². The summed E-state index contributed by atoms with van der Waals surface area (Å²) in [6.45, 7) is 0.0178. The Balaban J connectivity index is 2.24. The van der Waals surface area contributed by atoms with Crippen molar-refractivity contribution in [1.29, 1.82) is 0 Å². The molecule has 0 atom stereocenters. The van der Waals surface area contributed by atoms with Crippen LogP contribution < -0.4 is 5.69 Å². The first-order valence-electron chi connectivity index (χ1n) is 6.52. The Morgan fingerprint density at radius 1 is 1.24 bits per heavy atom. The molecule has 1 N–H and O–H groups in total. The molecule has 0 fully saturated rings. The zero-order valence-corrected chi connectivity index (χ0v) is 11.9. The lowest BCUT2D eigenvalue weighted by atomic mass is 10.3. The summed E-state index contributed by atoms with van der Waals surface area (Å²) >= 11 is 0. The Kier molecular flexibility index (Phi) is 4.11. The third-order valence-electron chi connectivity index (χ3n) is 3.43. The molecular weight excluding hydrogens is 274 g/mol. The van der Waals surface area contributed by atoms with Crippen LogP contribution in [0.3, 0.4) is 0 Å². The molecule has 1 heterocycles. The van der Waals surface area contributed by atoms with Gasteiger partial charge in [-0.25, -0.2) is 4.79 Å². The number of fused-ring (bicyclic) bond motifs is 1. The number of carboxylic acid groups (broad SMARTS) is 1. The summed E-state index contributed by atoms with van der Waals surface area (Å²) in [6, 6.07) is 7.22. The number of carbonyl (C=O) groups excluding carboxylic acids is 1. The molecule has 2 aromatic rings. The fourth-order valence-electron chi connectivity index (χ4n) is 2.16. The molecule has 1 aromatic heterocycles. The predicted molar refractivity (Wildman–Crippen MR) is 77.1 cm³/mol. The van der Waals surface area contributed by atoms with Gasteiger partial charge < -0.3 is 10.0 Å². The molecule has 112 valence electrons. The van der Waals surface area contributed by atoms with E-state index >= 15 is 0 Å². The normalized spacial score (nSPS) is 10.8. The Labute approximate surface area is 121 Å². The quantitative estimate of drug-likeness (QED) is 0.857. The van der Waals surface area contributed by atoms with Gasteiger partial charge in [0.2, 0.25) is 5.91 Å². The van der Waals surface area contributed by atoms with E-state index < -0.39 is 5.97 Å². The van der Waals surface area contributed by atoms with Crippen molar-refractivity contribution in [3.05, 3.63) is 34.7 Å². The van der Waals surface area contributed by atoms with Crippen LogP contribution in [0.1, 0.15) is 6.42 Å². The molecule has 0 radical (unpaired) electrons. The van der Waals surface area contributed by atoms with Crippen LogP contribution >= 0.6 is 0 Å². The maximum atomic E-state index is 12.2. The number of amides is 1. The maximum Gasteiger partial charge on any atom is 0.329 e. The van der Waals surface area contributed by atoms with Crippen molar-refractivity contribution in [3.8, 4) is 0 Å². The third kappa shape index (κ3) is 2.96. The zero-order valence-electron chi connectivity index (χ0n) is 11.9. The summed E-state index contributed by atoms with van der Waals surface area (Å²) in [6.07, 6.45) is -0.118. The Morgan fingerprint density at radius 3 is 2.48 bits per heavy atom. The minimum atomic E-state index is -0.961. The predicted octanol–water partition coefficient (Wildman–Crippen LogP) is 0.273. The summed E-state index contributed by atoms with van der Waals surface area (Å²) in [5.41, 5.74) is 1.17. The summed E-state index contributed by atoms with van der Waals surface area (Å²) in [4.78, 5) is 36.1. The number of hydrogen-bond donors (Lipinski definition) is 1. The number of aryl methyl sites for hydroxylation is 1. The number of imidazole rings is 1. The molecule has 0 saturated heterocycles. The summed E-state index contributed by atoms with van der Waals surface area (Å²) in [5.74, 6) is -1.26. The van der Waals surface area contributed by atoms with Gasteiger partial charge in [-0.1, -0.05) is 12.1 Å². The van der Waals surface area contributed by atoms with Crippen molar-refractivity contribution in [2.24, 2.45) is 7.05 Å². The van der Waals surface area contributed by atoms with Gasteiger partial charge in [0.15, 0.2) is 0 Å². The monoisotopic (exact) mass is 291 g/mol. The number of rotatable bonds is 5. The second-order valence-electron chi connectivity index (χ2n) is 4.88. The molecule has 0 aliphatic heterocycles. The lowest BCUT2D eigenvalue weighted by Gasteiger charge is -2.16. The third-order valence-corrected chi connectivity index (χ3v) is 3.43. The smallest absolute Gasteiger partial charge is 0.329 e. The van der Waals surface area contributed by atoms with Crippen LogP contribution in [0.4, 0.5) is 0 Å². The largest absolute Gasteiger partial charge is 0.481 e. The fourth-order valence-corrected chi connectivity index (χ4v) is 2.16. The van der Waals surface area contributed by atoms with Crippen molar-refractivity contribution >= 4 is 22.9 Å². The first-order valence-corrected chi connectivity index (χ1v) is 6.52. The van der Waals surface area contributed by atoms with Crippen LogP contribution in [-0.4, -0.2) is 44.6 Å². The minimum Gasteiger partial charge on any atom is -0.481 e. The van der Waals surface area contributed by atoms with Crippen molar-refractivity contribution in [1.82, 2.24) is 14.0 Å². The summed E-state index contributed by atoms with van der Waals surface area (Å²) in [5, 5.41) is 8.63. The van der Waals surface area contributed by atoms with E-state index in [4.69, 9.17) is 5.11 Å². The molecule has 7 nitrogen and oxygen atoms in total. The van der Waals surface area contributed by atoms with Gasteiger partial charge in [0.1, 0.15) is 6.54 Å². The highest BCUT2D eigenvalue weighted by molar-refractivity contribution is 5.81. The average molecular weight is 291 g/mol. The average Bonchev–Trinajstić information content (AvgIpc) is 2.70. The van der Waals surface area contributed by atoms with E-state index in [0.717, 1.165) is 5.52 Å². The van der Waals surface area contributed by atoms with Crippen molar-refractivity contribution in [3.63, 3.8) is 0 Å². The minimum absolute atomic E-state index is 0.101. The molecule has 1 aromatic carbocycles. The van der Waals surface area contributed by atoms with E-state index in [1.807, 2.05) is 12.1 Å². The zero-order chi connectivity index (χ0) is 15.6. The topological polar surface area (TPSA) is 84.5 Å². The van der Waals surface area contributed by atoms with Crippen LogP contribution in [0.5, 0.6) is 0 Å². The van der Waals surface area contributed by atoms with E-state index in [0.29, 0.717) is 5.52 Å². The highest BCUT2D eigenvalue weighted by atomic mass is 16.4. The molecule has 0 spiro atoms. The van der Waals surface area contributed by atoms with E-state index in [2.05, 4.69) is 0 Å². The number of hydrogen-bond acceptors (Lipinski definition) is 3. The molecule has 21 heavy (non-hydrogen) atoms. The summed E-state index contributed by atoms with van der Waals surface area (Å²) < 4.78 is 2.88. The first kappa shape index (κ1) is 14.8. The van der Waals surface area contributed by atoms with Gasteiger partial charge >= 0.3 is 11.7 Å². The van der Waals surface area contributed by atoms with Gasteiger partial charge in [-0.3, -0.25) is 18.7 Å². The second kappa shape index (κ2) is 5.82. The maximum absolute atomic E-state index is 12.2. The second-order valence-corrected chi connectivity index (χ2v) is 4.88. The SMILES string of the molecule is CN(CCC(=O)O)C(=O)Cn1c(=O)n(C)c2ccccc21. The van der Waals surface area contributed by atoms with Crippen molar-refractivity contribution < 1.29 is 14.7 Å². The van der Waals surface area contributed by atoms with E-state index in [1.54, 1.807) is 19.2 Å². The number of likely N-dealkylation sites (N-methyl/N-ethyl adjacent to an activating group) is 1. The van der Waals surface area contributed by atoms with Gasteiger partial charge in [-0.05, 0) is 12.1 Å². The van der Waals surface area contributed by atoms with Gasteiger partial charge in [-0.15, -0.1) is 0 Å². The Bertz CT molecular complexity index is 744. The lowest BCUT2D eigenvalue weighted by Crippen LogP contribution is -2.35. The number of carbonyl (C=O) groups is 2. The van der Waals surface area contributed by atoms with Crippen LogP contribution in [-0.2, 0) is 23.2 Å². The number of aromatic nitrogens is 2. The van der Waals surface area contributed by atoms with Crippen LogP contribution in [0.15, 0.2) is 29.1 Å². The number of benzene rings is 1. The van der Waals surface area contributed by atoms with Crippen LogP contribution in [0.2, 0.25) is 0 Å². The molecule has 0 unspecified atom stereocenters. The fraction of sp³-hybridized carbons (Fsp3) is 0.357. The molecule has 0 aliphatic rings. The number of aliphatic carboxylic acids is 1. The summed E-state index contributed by atoms with van der Waals surface area (Å²) in [7, 11) is 3.18. The van der Waals surface area contributed by atoms with E-state index in [9.17, 15) is 14.4 Å². The molecular formula is C14H17N3O4. The van der Waals surface area contributed by atoms with Gasteiger partial charge in [-0.2, -0.15) is 0 Å².